The van der Waals surface area contributed by atoms with Gasteiger partial charge in [-0.3, -0.25) is 0 Å². The van der Waals surface area contributed by atoms with E-state index >= 15 is 0 Å². The van der Waals surface area contributed by atoms with Gasteiger partial charge in [-0.2, -0.15) is 0 Å². The first-order chi connectivity index (χ1) is 9.45. The van der Waals surface area contributed by atoms with Crippen molar-refractivity contribution >= 4 is 11.6 Å². The van der Waals surface area contributed by atoms with Gasteiger partial charge in [-0.15, -0.1) is 0 Å². The van der Waals surface area contributed by atoms with Crippen LogP contribution < -0.4 is 5.32 Å². The van der Waals surface area contributed by atoms with Gasteiger partial charge in [-0.1, -0.05) is 64.8 Å². The topological polar surface area (TPSA) is 12.0 Å². The molecular weight excluding hydrogens is 266 g/mol. The molecule has 2 heteroatoms. The van der Waals surface area contributed by atoms with E-state index < -0.39 is 0 Å². The summed E-state index contributed by atoms with van der Waals surface area (Å²) in [6.07, 6.45) is 2.36. The summed E-state index contributed by atoms with van der Waals surface area (Å²) in [7, 11) is 0. The Hall–Kier alpha value is -0.530. The first-order valence-corrected chi connectivity index (χ1v) is 8.32. The molecule has 0 bridgehead atoms. The molecular formula is C18H30ClN. The van der Waals surface area contributed by atoms with Gasteiger partial charge in [0.2, 0.25) is 0 Å². The Balaban J connectivity index is 2.69. The lowest BCUT2D eigenvalue weighted by Crippen LogP contribution is -2.32. The standard InChI is InChI=1S/C18H30ClN/c1-6-7-18(15-8-10-16(19)11-9-15)20-12-17(13(2)3)14(4)5/h8-11,13-14,17-18,20H,6-7,12H2,1-5H3. The molecule has 1 unspecified atom stereocenters. The number of hydrogen-bond donors (Lipinski definition) is 1. The molecule has 0 radical (unpaired) electrons. The zero-order valence-electron chi connectivity index (χ0n) is 13.6. The average molecular weight is 296 g/mol. The van der Waals surface area contributed by atoms with Gasteiger partial charge in [0.05, 0.1) is 0 Å². The monoisotopic (exact) mass is 295 g/mol. The molecule has 0 saturated carbocycles. The Labute approximate surface area is 130 Å². The quantitative estimate of drug-likeness (QED) is 0.649. The van der Waals surface area contributed by atoms with Crippen LogP contribution >= 0.6 is 11.6 Å². The summed E-state index contributed by atoms with van der Waals surface area (Å²) in [5.41, 5.74) is 1.35. The van der Waals surface area contributed by atoms with Crippen LogP contribution in [0.15, 0.2) is 24.3 Å². The molecule has 0 aliphatic heterocycles. The minimum atomic E-state index is 0.442. The molecule has 0 amide bonds. The summed E-state index contributed by atoms with van der Waals surface area (Å²) < 4.78 is 0. The fraction of sp³-hybridized carbons (Fsp3) is 0.667. The van der Waals surface area contributed by atoms with Gasteiger partial charge >= 0.3 is 0 Å². The lowest BCUT2D eigenvalue weighted by Gasteiger charge is -2.28. The third-order valence-corrected chi connectivity index (χ3v) is 4.41. The van der Waals surface area contributed by atoms with E-state index in [2.05, 4.69) is 52.1 Å². The van der Waals surface area contributed by atoms with Crippen molar-refractivity contribution in [1.82, 2.24) is 5.32 Å². The summed E-state index contributed by atoms with van der Waals surface area (Å²) in [6, 6.07) is 8.72. The second kappa shape index (κ2) is 8.69. The first kappa shape index (κ1) is 17.5. The van der Waals surface area contributed by atoms with Gasteiger partial charge in [0.1, 0.15) is 0 Å². The smallest absolute Gasteiger partial charge is 0.0406 e. The van der Waals surface area contributed by atoms with E-state index in [1.54, 1.807) is 0 Å². The zero-order valence-corrected chi connectivity index (χ0v) is 14.4. The van der Waals surface area contributed by atoms with Crippen molar-refractivity contribution in [3.8, 4) is 0 Å². The van der Waals surface area contributed by atoms with Crippen molar-refractivity contribution in [2.75, 3.05) is 6.54 Å². The van der Waals surface area contributed by atoms with Crippen LogP contribution in [-0.2, 0) is 0 Å². The fourth-order valence-electron chi connectivity index (χ4n) is 2.89. The summed E-state index contributed by atoms with van der Waals surface area (Å²) >= 11 is 5.98. The third kappa shape index (κ3) is 5.46. The molecule has 0 aliphatic rings. The molecule has 0 aliphatic carbocycles. The van der Waals surface area contributed by atoms with Crippen LogP contribution in [0.3, 0.4) is 0 Å². The van der Waals surface area contributed by atoms with Gasteiger partial charge in [-0.25, -0.2) is 0 Å². The van der Waals surface area contributed by atoms with Crippen molar-refractivity contribution in [2.45, 2.75) is 53.5 Å². The van der Waals surface area contributed by atoms with Crippen molar-refractivity contribution in [3.05, 3.63) is 34.9 Å². The van der Waals surface area contributed by atoms with Crippen molar-refractivity contribution in [3.63, 3.8) is 0 Å². The maximum atomic E-state index is 5.98. The molecule has 1 rings (SSSR count). The van der Waals surface area contributed by atoms with Crippen LogP contribution in [0, 0.1) is 17.8 Å². The highest BCUT2D eigenvalue weighted by Gasteiger charge is 2.19. The molecule has 1 aromatic carbocycles. The molecule has 0 fully saturated rings. The largest absolute Gasteiger partial charge is 0.310 e. The molecule has 1 nitrogen and oxygen atoms in total. The number of nitrogens with one attached hydrogen (secondary N) is 1. The SMILES string of the molecule is CCCC(NCC(C(C)C)C(C)C)c1ccc(Cl)cc1. The van der Waals surface area contributed by atoms with E-state index in [0.29, 0.717) is 6.04 Å². The number of rotatable bonds is 8. The predicted octanol–water partition coefficient (Wildman–Crippen LogP) is 5.70. The van der Waals surface area contributed by atoms with Crippen LogP contribution in [0.5, 0.6) is 0 Å². The molecule has 1 N–H and O–H groups in total. The van der Waals surface area contributed by atoms with E-state index in [1.165, 1.54) is 18.4 Å². The van der Waals surface area contributed by atoms with E-state index in [4.69, 9.17) is 11.6 Å². The maximum Gasteiger partial charge on any atom is 0.0406 e. The molecule has 0 aromatic heterocycles. The summed E-state index contributed by atoms with van der Waals surface area (Å²) in [5.74, 6) is 2.16. The highest BCUT2D eigenvalue weighted by Crippen LogP contribution is 2.24. The predicted molar refractivity (Wildman–Crippen MR) is 90.3 cm³/mol. The van der Waals surface area contributed by atoms with Crippen molar-refractivity contribution in [2.24, 2.45) is 17.8 Å². The van der Waals surface area contributed by atoms with Crippen LogP contribution in [0.1, 0.15) is 59.1 Å². The fourth-order valence-corrected chi connectivity index (χ4v) is 3.02. The number of benzene rings is 1. The van der Waals surface area contributed by atoms with Gasteiger partial charge in [0.25, 0.3) is 0 Å². The lowest BCUT2D eigenvalue weighted by atomic mass is 9.85. The Morgan fingerprint density at radius 2 is 1.55 bits per heavy atom. The summed E-state index contributed by atoms with van der Waals surface area (Å²) in [6.45, 7) is 12.6. The second-order valence-corrected chi connectivity index (χ2v) is 6.89. The second-order valence-electron chi connectivity index (χ2n) is 6.45. The minimum Gasteiger partial charge on any atom is -0.310 e. The molecule has 1 atom stereocenters. The van der Waals surface area contributed by atoms with E-state index in [1.807, 2.05) is 12.1 Å². The normalized spacial score (nSPS) is 13.4. The average Bonchev–Trinajstić information content (AvgIpc) is 2.38. The number of hydrogen-bond acceptors (Lipinski definition) is 1. The Kier molecular flexibility index (Phi) is 7.61. The van der Waals surface area contributed by atoms with Crippen LogP contribution in [0.4, 0.5) is 0 Å². The van der Waals surface area contributed by atoms with Crippen LogP contribution in [0.25, 0.3) is 0 Å². The Bertz CT molecular complexity index is 362. The summed E-state index contributed by atoms with van der Waals surface area (Å²) in [4.78, 5) is 0. The highest BCUT2D eigenvalue weighted by molar-refractivity contribution is 6.30. The minimum absolute atomic E-state index is 0.442. The summed E-state index contributed by atoms with van der Waals surface area (Å²) in [5, 5.41) is 4.59. The molecule has 1 aromatic rings. The van der Waals surface area contributed by atoms with Gasteiger partial charge in [-0.05, 0) is 48.4 Å². The molecule has 0 saturated heterocycles. The Morgan fingerprint density at radius 3 is 2.00 bits per heavy atom. The van der Waals surface area contributed by atoms with E-state index in [9.17, 15) is 0 Å². The van der Waals surface area contributed by atoms with Gasteiger partial charge in [0.15, 0.2) is 0 Å². The molecule has 0 heterocycles. The van der Waals surface area contributed by atoms with Gasteiger partial charge in [0, 0.05) is 11.1 Å². The first-order valence-electron chi connectivity index (χ1n) is 7.94. The highest BCUT2D eigenvalue weighted by atomic mass is 35.5. The van der Waals surface area contributed by atoms with Crippen LogP contribution in [-0.4, -0.2) is 6.54 Å². The van der Waals surface area contributed by atoms with E-state index in [0.717, 1.165) is 29.3 Å². The van der Waals surface area contributed by atoms with Crippen molar-refractivity contribution < 1.29 is 0 Å². The van der Waals surface area contributed by atoms with Crippen molar-refractivity contribution in [1.29, 1.82) is 0 Å². The molecule has 0 spiro atoms. The van der Waals surface area contributed by atoms with Crippen LogP contribution in [0.2, 0.25) is 5.02 Å². The maximum absolute atomic E-state index is 5.98. The van der Waals surface area contributed by atoms with Gasteiger partial charge < -0.3 is 5.32 Å². The number of halogens is 1. The zero-order chi connectivity index (χ0) is 15.1. The third-order valence-electron chi connectivity index (χ3n) is 4.16. The van der Waals surface area contributed by atoms with E-state index in [-0.39, 0.29) is 0 Å². The molecule has 20 heavy (non-hydrogen) atoms. The Morgan fingerprint density at radius 1 is 1.00 bits per heavy atom. The lowest BCUT2D eigenvalue weighted by molar-refractivity contribution is 0.263. The molecule has 114 valence electrons.